The number of carbonyl (C=O) groups is 1. The largest absolute Gasteiger partial charge is 0.410 e. The highest BCUT2D eigenvalue weighted by Gasteiger charge is 2.16. The second-order valence-electron chi connectivity index (χ2n) is 0.955. The quantitative estimate of drug-likeness (QED) is 0.389. The van der Waals surface area contributed by atoms with Crippen LogP contribution in [0.4, 0.5) is 0 Å². The summed E-state index contributed by atoms with van der Waals surface area (Å²) in [7, 11) is 0. The van der Waals surface area contributed by atoms with Crippen LogP contribution in [0.1, 0.15) is 0 Å². The summed E-state index contributed by atoms with van der Waals surface area (Å²) in [6, 6.07) is 1.59. The van der Waals surface area contributed by atoms with E-state index in [1.54, 1.807) is 6.07 Å². The van der Waals surface area contributed by atoms with Gasteiger partial charge < -0.3 is 4.74 Å². The van der Waals surface area contributed by atoms with Gasteiger partial charge >= 0.3 is 5.97 Å². The second kappa shape index (κ2) is 1.09. The number of nitrogens with zero attached hydrogens (tertiary/aromatic N) is 1. The van der Waals surface area contributed by atoms with Crippen LogP contribution in [-0.2, 0) is 9.53 Å². The minimum absolute atomic E-state index is 0.0231. The molecule has 0 unspecified atom stereocenters. The first-order chi connectivity index (χ1) is 3.33. The minimum Gasteiger partial charge on any atom is -0.410 e. The third kappa shape index (κ3) is 0.453. The van der Waals surface area contributed by atoms with Gasteiger partial charge in [0.05, 0.1) is 0 Å². The second-order valence-corrected chi connectivity index (χ2v) is 0.955. The normalized spacial score (nSPS) is 15.9. The van der Waals surface area contributed by atoms with Gasteiger partial charge in [0.1, 0.15) is 12.1 Å². The number of cyclic esters (lactones) is 1. The van der Waals surface area contributed by atoms with E-state index >= 15 is 0 Å². The fourth-order valence-electron chi connectivity index (χ4n) is 0.241. The van der Waals surface area contributed by atoms with E-state index in [4.69, 9.17) is 5.26 Å². The van der Waals surface area contributed by atoms with Gasteiger partial charge in [-0.2, -0.15) is 5.26 Å². The molecule has 0 aromatic heterocycles. The molecule has 7 heavy (non-hydrogen) atoms. The van der Waals surface area contributed by atoms with Crippen LogP contribution in [0, 0.1) is 17.4 Å². The lowest BCUT2D eigenvalue weighted by atomic mass is 10.4. The van der Waals surface area contributed by atoms with Crippen LogP contribution in [0.15, 0.2) is 5.76 Å². The van der Waals surface area contributed by atoms with Gasteiger partial charge in [0.2, 0.25) is 5.76 Å². The molecule has 1 aliphatic heterocycles. The van der Waals surface area contributed by atoms with Crippen LogP contribution in [0.2, 0.25) is 0 Å². The maximum absolute atomic E-state index is 9.76. The molecular formula is C4NO2. The maximum Gasteiger partial charge on any atom is 0.349 e. The molecule has 0 saturated heterocycles. The van der Waals surface area contributed by atoms with E-state index in [0.717, 1.165) is 0 Å². The molecule has 3 nitrogen and oxygen atoms in total. The Hall–Kier alpha value is -1.30. The summed E-state index contributed by atoms with van der Waals surface area (Å²) in [6.07, 6.45) is 2.09. The van der Waals surface area contributed by atoms with Crippen molar-refractivity contribution in [1.29, 1.82) is 5.26 Å². The molecule has 0 aliphatic carbocycles. The fourth-order valence-corrected chi connectivity index (χ4v) is 0.241. The predicted octanol–water partition coefficient (Wildman–Crippen LogP) is -0.246. The number of carbonyl (C=O) groups excluding carboxylic acids is 1. The highest BCUT2D eigenvalue weighted by molar-refractivity contribution is 5.85. The average molecular weight is 94.0 g/mol. The van der Waals surface area contributed by atoms with E-state index in [0.29, 0.717) is 0 Å². The van der Waals surface area contributed by atoms with Gasteiger partial charge in [0.15, 0.2) is 0 Å². The summed E-state index contributed by atoms with van der Waals surface area (Å²) < 4.78 is 4.09. The van der Waals surface area contributed by atoms with Gasteiger partial charge in [-0.15, -0.1) is 0 Å². The Morgan fingerprint density at radius 3 is 2.57 bits per heavy atom. The van der Waals surface area contributed by atoms with E-state index in [1.165, 1.54) is 0 Å². The van der Waals surface area contributed by atoms with Crippen molar-refractivity contribution in [3.05, 3.63) is 11.8 Å². The van der Waals surface area contributed by atoms with Gasteiger partial charge in [-0.3, -0.25) is 0 Å². The molecule has 1 rings (SSSR count). The van der Waals surface area contributed by atoms with Crippen LogP contribution in [0.5, 0.6) is 0 Å². The van der Waals surface area contributed by atoms with Crippen LogP contribution in [-0.4, -0.2) is 5.97 Å². The molecule has 0 fully saturated rings. The summed E-state index contributed by atoms with van der Waals surface area (Å²) in [5.74, 6) is -0.582. The van der Waals surface area contributed by atoms with Crippen molar-refractivity contribution in [2.75, 3.05) is 0 Å². The third-order valence-corrected chi connectivity index (χ3v) is 0.512. The fraction of sp³-hybridized carbons (Fsp3) is 0. The van der Waals surface area contributed by atoms with Crippen molar-refractivity contribution in [2.24, 2.45) is 0 Å². The molecule has 33 valence electrons. The number of rotatable bonds is 0. The van der Waals surface area contributed by atoms with E-state index < -0.39 is 5.97 Å². The lowest BCUT2D eigenvalue weighted by Crippen LogP contribution is -2.11. The van der Waals surface area contributed by atoms with Crippen molar-refractivity contribution in [3.8, 4) is 6.07 Å². The molecule has 0 spiro atoms. The first-order valence-corrected chi connectivity index (χ1v) is 1.59. The average Bonchev–Trinajstić information content (AvgIpc) is 1.58. The number of allylic oxidation sites excluding steroid dienone is 1. The van der Waals surface area contributed by atoms with Gasteiger partial charge in [-0.1, -0.05) is 0 Å². The molecule has 0 saturated carbocycles. The van der Waals surface area contributed by atoms with Crippen molar-refractivity contribution in [3.63, 3.8) is 0 Å². The van der Waals surface area contributed by atoms with E-state index in [9.17, 15) is 4.79 Å². The first-order valence-electron chi connectivity index (χ1n) is 1.59. The molecule has 3 heteroatoms. The van der Waals surface area contributed by atoms with Crippen LogP contribution in [0.25, 0.3) is 0 Å². The molecule has 0 amide bonds. The SMILES string of the molecule is N#CC1=[C]C(=O)O1. The lowest BCUT2D eigenvalue weighted by molar-refractivity contribution is -0.138. The summed E-state index contributed by atoms with van der Waals surface area (Å²) in [5, 5.41) is 7.88. The number of ether oxygens (including phenoxy) is 1. The van der Waals surface area contributed by atoms with E-state index in [2.05, 4.69) is 10.8 Å². The Labute approximate surface area is 39.8 Å². The molecule has 0 bridgehead atoms. The molecule has 0 aromatic rings. The molecule has 0 N–H and O–H groups in total. The van der Waals surface area contributed by atoms with Gasteiger partial charge in [-0.05, 0) is 0 Å². The summed E-state index contributed by atoms with van der Waals surface area (Å²) >= 11 is 0. The molecular weight excluding hydrogens is 94.0 g/mol. The maximum atomic E-state index is 9.76. The molecule has 0 atom stereocenters. The van der Waals surface area contributed by atoms with E-state index in [1.807, 2.05) is 0 Å². The zero-order valence-corrected chi connectivity index (χ0v) is 3.26. The van der Waals surface area contributed by atoms with Crippen LogP contribution >= 0.6 is 0 Å². The monoisotopic (exact) mass is 94.0 g/mol. The lowest BCUT2D eigenvalue weighted by Gasteiger charge is -2.02. The van der Waals surface area contributed by atoms with Crippen molar-refractivity contribution in [1.82, 2.24) is 0 Å². The third-order valence-electron chi connectivity index (χ3n) is 0.512. The van der Waals surface area contributed by atoms with Crippen LogP contribution in [0.3, 0.4) is 0 Å². The summed E-state index contributed by atoms with van der Waals surface area (Å²) in [4.78, 5) is 9.76. The molecule has 1 heterocycles. The smallest absolute Gasteiger partial charge is 0.349 e. The molecule has 0 aromatic carbocycles. The highest BCUT2D eigenvalue weighted by Crippen LogP contribution is 2.05. The summed E-state index contributed by atoms with van der Waals surface area (Å²) in [6.45, 7) is 0. The van der Waals surface area contributed by atoms with Gasteiger partial charge in [0, 0.05) is 0 Å². The number of hydrogen-bond donors (Lipinski definition) is 0. The summed E-state index contributed by atoms with van der Waals surface area (Å²) in [5.41, 5.74) is 0. The zero-order valence-electron chi connectivity index (χ0n) is 3.26. The Bertz CT molecular complexity index is 175. The zero-order chi connectivity index (χ0) is 5.28. The Kier molecular flexibility index (Phi) is 0.601. The number of esters is 1. The van der Waals surface area contributed by atoms with Gasteiger partial charge in [-0.25, -0.2) is 4.79 Å². The van der Waals surface area contributed by atoms with Crippen molar-refractivity contribution >= 4 is 5.97 Å². The van der Waals surface area contributed by atoms with E-state index in [-0.39, 0.29) is 5.76 Å². The number of hydrogen-bond acceptors (Lipinski definition) is 3. The number of nitriles is 1. The van der Waals surface area contributed by atoms with Crippen molar-refractivity contribution < 1.29 is 9.53 Å². The molecule has 1 radical (unpaired) electrons. The predicted molar refractivity (Wildman–Crippen MR) is 18.5 cm³/mol. The van der Waals surface area contributed by atoms with Crippen molar-refractivity contribution in [2.45, 2.75) is 0 Å². The Morgan fingerprint density at radius 1 is 1.86 bits per heavy atom. The first kappa shape index (κ1) is 3.88. The highest BCUT2D eigenvalue weighted by atomic mass is 16.6. The molecule has 1 aliphatic rings. The van der Waals surface area contributed by atoms with Crippen LogP contribution < -0.4 is 0 Å². The van der Waals surface area contributed by atoms with Gasteiger partial charge in [0.25, 0.3) is 0 Å². The standard InChI is InChI=1S/C4NO2/c5-2-3-1-4(6)7-3. The Balaban J connectivity index is 2.72. The minimum atomic E-state index is -0.559. The topological polar surface area (TPSA) is 50.1 Å². The Morgan fingerprint density at radius 2 is 2.43 bits per heavy atom.